The zero-order valence-electron chi connectivity index (χ0n) is 20.3. The standard InChI is InChI=1S/C22H40N2S2Si4/c1-27(2)13-14-28(3,4)23(27)17-19-9-11-21(25-19)22-12-10-20(26-22)18-24-29(5,6)15-16-30(24,7)8/h9-12H,13-18H2,1-8H3. The summed E-state index contributed by atoms with van der Waals surface area (Å²) in [5.74, 6) is 0. The van der Waals surface area contributed by atoms with Crippen LogP contribution < -0.4 is 0 Å². The predicted octanol–water partition coefficient (Wildman–Crippen LogP) is 7.93. The Morgan fingerprint density at radius 1 is 0.567 bits per heavy atom. The van der Waals surface area contributed by atoms with Crippen molar-refractivity contribution in [2.75, 3.05) is 0 Å². The van der Waals surface area contributed by atoms with Gasteiger partial charge in [0, 0.05) is 32.6 Å². The van der Waals surface area contributed by atoms with E-state index in [0.717, 1.165) is 0 Å². The van der Waals surface area contributed by atoms with Crippen molar-refractivity contribution in [3.63, 3.8) is 0 Å². The van der Waals surface area contributed by atoms with Crippen LogP contribution in [0.5, 0.6) is 0 Å². The van der Waals surface area contributed by atoms with Crippen LogP contribution in [-0.2, 0) is 13.1 Å². The molecule has 4 rings (SSSR count). The van der Waals surface area contributed by atoms with Gasteiger partial charge in [-0.15, -0.1) is 22.7 Å². The lowest BCUT2D eigenvalue weighted by Gasteiger charge is -2.38. The van der Waals surface area contributed by atoms with Crippen LogP contribution in [0.2, 0.25) is 76.6 Å². The average molecular weight is 509 g/mol. The summed E-state index contributed by atoms with van der Waals surface area (Å²) in [6.45, 7) is 23.1. The quantitative estimate of drug-likeness (QED) is 0.378. The molecule has 0 unspecified atom stereocenters. The highest BCUT2D eigenvalue weighted by Gasteiger charge is 2.48. The van der Waals surface area contributed by atoms with Crippen LogP contribution in [0.3, 0.4) is 0 Å². The molecule has 0 aromatic carbocycles. The molecule has 0 bridgehead atoms. The molecule has 2 fully saturated rings. The molecule has 0 spiro atoms. The summed E-state index contributed by atoms with van der Waals surface area (Å²) in [6.07, 6.45) is 0. The Kier molecular flexibility index (Phi) is 6.15. The first-order chi connectivity index (χ1) is 13.8. The third-order valence-electron chi connectivity index (χ3n) is 7.81. The first kappa shape index (κ1) is 23.3. The maximum absolute atomic E-state index is 3.00. The largest absolute Gasteiger partial charge is 0.341 e. The van der Waals surface area contributed by atoms with Crippen molar-refractivity contribution in [2.24, 2.45) is 0 Å². The van der Waals surface area contributed by atoms with Gasteiger partial charge in [-0.1, -0.05) is 52.4 Å². The summed E-state index contributed by atoms with van der Waals surface area (Å²) >= 11 is 4.09. The van der Waals surface area contributed by atoms with E-state index in [1.54, 1.807) is 9.75 Å². The first-order valence-electron chi connectivity index (χ1n) is 11.5. The van der Waals surface area contributed by atoms with E-state index in [1.165, 1.54) is 47.0 Å². The minimum Gasteiger partial charge on any atom is -0.341 e. The Balaban J connectivity index is 1.48. The third kappa shape index (κ3) is 4.48. The molecule has 2 aliphatic rings. The number of rotatable bonds is 5. The highest BCUT2D eigenvalue weighted by Crippen LogP contribution is 2.42. The summed E-state index contributed by atoms with van der Waals surface area (Å²) in [4.78, 5) is 6.11. The van der Waals surface area contributed by atoms with E-state index in [1.807, 2.05) is 22.7 Å². The lowest BCUT2D eigenvalue weighted by Crippen LogP contribution is -2.53. The molecule has 0 aliphatic carbocycles. The van der Waals surface area contributed by atoms with Gasteiger partial charge in [-0.3, -0.25) is 0 Å². The minimum atomic E-state index is -1.20. The lowest BCUT2D eigenvalue weighted by molar-refractivity contribution is 0.631. The Morgan fingerprint density at radius 3 is 1.17 bits per heavy atom. The molecule has 2 nitrogen and oxygen atoms in total. The summed E-state index contributed by atoms with van der Waals surface area (Å²) in [5, 5.41) is 0. The van der Waals surface area contributed by atoms with Gasteiger partial charge in [0.1, 0.15) is 32.9 Å². The van der Waals surface area contributed by atoms with Crippen LogP contribution in [0.4, 0.5) is 0 Å². The van der Waals surface area contributed by atoms with Crippen LogP contribution >= 0.6 is 22.7 Å². The van der Waals surface area contributed by atoms with Gasteiger partial charge in [-0.2, -0.15) is 0 Å². The number of nitrogens with zero attached hydrogens (tertiary/aromatic N) is 2. The fraction of sp³-hybridized carbons (Fsp3) is 0.636. The van der Waals surface area contributed by atoms with Gasteiger partial charge in [0.2, 0.25) is 0 Å². The van der Waals surface area contributed by atoms with E-state index < -0.39 is 32.9 Å². The zero-order chi connectivity index (χ0) is 21.9. The molecule has 8 heteroatoms. The van der Waals surface area contributed by atoms with Gasteiger partial charge in [0.05, 0.1) is 0 Å². The van der Waals surface area contributed by atoms with Crippen molar-refractivity contribution in [1.82, 2.24) is 8.46 Å². The minimum absolute atomic E-state index is 1.20. The highest BCUT2D eigenvalue weighted by atomic mass is 32.1. The topological polar surface area (TPSA) is 6.48 Å². The maximum Gasteiger partial charge on any atom is 0.115 e. The molecule has 2 saturated heterocycles. The van der Waals surface area contributed by atoms with Gasteiger partial charge >= 0.3 is 0 Å². The van der Waals surface area contributed by atoms with Crippen LogP contribution in [0, 0.1) is 0 Å². The molecule has 2 aliphatic heterocycles. The van der Waals surface area contributed by atoms with Gasteiger partial charge in [-0.05, 0) is 48.4 Å². The van der Waals surface area contributed by atoms with Gasteiger partial charge in [-0.25, -0.2) is 0 Å². The van der Waals surface area contributed by atoms with Crippen molar-refractivity contribution in [1.29, 1.82) is 0 Å². The number of thiophene rings is 2. The second-order valence-corrected chi connectivity index (χ2v) is 33.8. The Bertz CT molecular complexity index is 810. The SMILES string of the molecule is C[Si]1(C)CC[Si](C)(C)N1Cc1ccc(-c2ccc(CN3[Si](C)(C)CC[Si]3(C)C)s2)s1. The predicted molar refractivity (Wildman–Crippen MR) is 148 cm³/mol. The van der Waals surface area contributed by atoms with Crippen molar-refractivity contribution >= 4 is 55.6 Å². The molecule has 0 amide bonds. The Hall–Kier alpha value is 0.188. The van der Waals surface area contributed by atoms with Gasteiger partial charge in [0.25, 0.3) is 0 Å². The molecule has 0 N–H and O–H groups in total. The average Bonchev–Trinajstić information content (AvgIpc) is 3.36. The molecular formula is C22H40N2S2Si4. The molecular weight excluding hydrogens is 469 g/mol. The molecule has 30 heavy (non-hydrogen) atoms. The summed E-state index contributed by atoms with van der Waals surface area (Å²) < 4.78 is 6.00. The summed E-state index contributed by atoms with van der Waals surface area (Å²) in [7, 11) is -4.78. The fourth-order valence-corrected chi connectivity index (χ4v) is 36.0. The molecule has 4 heterocycles. The summed E-state index contributed by atoms with van der Waals surface area (Å²) in [5.41, 5.74) is 0. The van der Waals surface area contributed by atoms with E-state index in [0.29, 0.717) is 0 Å². The Labute approximate surface area is 196 Å². The normalized spacial score (nSPS) is 25.2. The monoisotopic (exact) mass is 508 g/mol. The number of hydrogen-bond donors (Lipinski definition) is 0. The van der Waals surface area contributed by atoms with E-state index >= 15 is 0 Å². The van der Waals surface area contributed by atoms with E-state index in [2.05, 4.69) is 85.1 Å². The summed E-state index contributed by atoms with van der Waals surface area (Å²) in [6, 6.07) is 15.6. The Morgan fingerprint density at radius 2 is 0.867 bits per heavy atom. The molecule has 2 aromatic heterocycles. The zero-order valence-corrected chi connectivity index (χ0v) is 25.9. The van der Waals surface area contributed by atoms with Crippen LogP contribution in [0.15, 0.2) is 24.3 Å². The first-order valence-corrected chi connectivity index (χ1v) is 25.8. The molecule has 0 atom stereocenters. The lowest BCUT2D eigenvalue weighted by atomic mass is 10.3. The highest BCUT2D eigenvalue weighted by molar-refractivity contribution is 7.22. The van der Waals surface area contributed by atoms with Crippen molar-refractivity contribution in [3.05, 3.63) is 34.0 Å². The van der Waals surface area contributed by atoms with Gasteiger partial charge in [0.15, 0.2) is 0 Å². The molecule has 0 saturated carbocycles. The van der Waals surface area contributed by atoms with Crippen molar-refractivity contribution < 1.29 is 0 Å². The smallest absolute Gasteiger partial charge is 0.115 e. The van der Waals surface area contributed by atoms with Gasteiger partial charge < -0.3 is 8.46 Å². The third-order valence-corrected chi connectivity index (χ3v) is 30.8. The van der Waals surface area contributed by atoms with E-state index in [9.17, 15) is 0 Å². The fourth-order valence-electron chi connectivity index (χ4n) is 5.76. The molecule has 2 aromatic rings. The van der Waals surface area contributed by atoms with E-state index in [4.69, 9.17) is 0 Å². The van der Waals surface area contributed by atoms with Crippen molar-refractivity contribution in [2.45, 2.75) is 89.6 Å². The second kappa shape index (κ2) is 7.90. The molecule has 166 valence electrons. The van der Waals surface area contributed by atoms with Crippen LogP contribution in [0.1, 0.15) is 9.75 Å². The van der Waals surface area contributed by atoms with Crippen LogP contribution in [-0.4, -0.2) is 41.4 Å². The number of hydrogen-bond acceptors (Lipinski definition) is 4. The second-order valence-electron chi connectivity index (χ2n) is 12.0. The van der Waals surface area contributed by atoms with Crippen LogP contribution in [0.25, 0.3) is 9.75 Å². The molecule has 0 radical (unpaired) electrons. The van der Waals surface area contributed by atoms with Crippen molar-refractivity contribution in [3.8, 4) is 9.75 Å². The maximum atomic E-state index is 3.00. The van der Waals surface area contributed by atoms with E-state index in [-0.39, 0.29) is 0 Å².